The molecule has 0 saturated heterocycles. The highest BCUT2D eigenvalue weighted by Gasteiger charge is 2.19. The van der Waals surface area contributed by atoms with Gasteiger partial charge in [-0.2, -0.15) is 0 Å². The van der Waals surface area contributed by atoms with Crippen LogP contribution in [0.1, 0.15) is 6.92 Å². The van der Waals surface area contributed by atoms with Gasteiger partial charge in [-0.15, -0.1) is 6.58 Å². The van der Waals surface area contributed by atoms with Gasteiger partial charge in [0.1, 0.15) is 5.82 Å². The summed E-state index contributed by atoms with van der Waals surface area (Å²) in [5, 5.41) is 3.18. The molecule has 0 spiro atoms. The highest BCUT2D eigenvalue weighted by atomic mass is 32.2. The number of aromatic nitrogens is 2. The van der Waals surface area contributed by atoms with Gasteiger partial charge >= 0.3 is 0 Å². The van der Waals surface area contributed by atoms with Gasteiger partial charge in [0.15, 0.2) is 5.16 Å². The van der Waals surface area contributed by atoms with Gasteiger partial charge in [-0.05, 0) is 43.3 Å². The van der Waals surface area contributed by atoms with Crippen molar-refractivity contribution >= 4 is 34.3 Å². The van der Waals surface area contributed by atoms with Crippen LogP contribution in [-0.4, -0.2) is 20.7 Å². The number of amides is 1. The summed E-state index contributed by atoms with van der Waals surface area (Å²) >= 11 is 1.19. The van der Waals surface area contributed by atoms with Crippen LogP contribution in [-0.2, 0) is 11.3 Å². The first kappa shape index (κ1) is 18.8. The third-order valence-corrected chi connectivity index (χ3v) is 4.99. The Balaban J connectivity index is 1.87. The number of nitrogens with one attached hydrogen (secondary N) is 1. The van der Waals surface area contributed by atoms with E-state index < -0.39 is 5.25 Å². The summed E-state index contributed by atoms with van der Waals surface area (Å²) in [5.74, 6) is -0.636. The minimum atomic E-state index is -0.515. The fraction of sp³-hybridized carbons (Fsp3) is 0.150. The van der Waals surface area contributed by atoms with Crippen LogP contribution in [0.2, 0.25) is 0 Å². The molecule has 1 atom stereocenters. The average Bonchev–Trinajstić information content (AvgIpc) is 2.66. The summed E-state index contributed by atoms with van der Waals surface area (Å²) in [6, 6.07) is 12.6. The normalized spacial score (nSPS) is 11.9. The zero-order valence-corrected chi connectivity index (χ0v) is 15.5. The Morgan fingerprint density at radius 2 is 2.00 bits per heavy atom. The Labute approximate surface area is 159 Å². The van der Waals surface area contributed by atoms with Crippen LogP contribution in [0.3, 0.4) is 0 Å². The monoisotopic (exact) mass is 383 g/mol. The number of fused-ring (bicyclic) bond motifs is 1. The third kappa shape index (κ3) is 4.25. The number of hydrogen-bond acceptors (Lipinski definition) is 4. The van der Waals surface area contributed by atoms with E-state index in [-0.39, 0.29) is 17.3 Å². The summed E-state index contributed by atoms with van der Waals surface area (Å²) in [6.45, 7) is 5.71. The van der Waals surface area contributed by atoms with E-state index in [1.165, 1.54) is 40.6 Å². The van der Waals surface area contributed by atoms with Crippen molar-refractivity contribution in [2.45, 2.75) is 23.9 Å². The van der Waals surface area contributed by atoms with E-state index in [4.69, 9.17) is 0 Å². The molecule has 0 aliphatic rings. The molecule has 0 aliphatic heterocycles. The third-order valence-electron chi connectivity index (χ3n) is 3.90. The summed E-state index contributed by atoms with van der Waals surface area (Å²) < 4.78 is 14.5. The van der Waals surface area contributed by atoms with E-state index >= 15 is 0 Å². The highest BCUT2D eigenvalue weighted by molar-refractivity contribution is 8.00. The number of para-hydroxylation sites is 1. The van der Waals surface area contributed by atoms with Crippen molar-refractivity contribution in [1.29, 1.82) is 0 Å². The molecular weight excluding hydrogens is 365 g/mol. The van der Waals surface area contributed by atoms with E-state index in [0.717, 1.165) is 0 Å². The maximum Gasteiger partial charge on any atom is 0.262 e. The van der Waals surface area contributed by atoms with E-state index in [9.17, 15) is 14.0 Å². The van der Waals surface area contributed by atoms with E-state index in [1.54, 1.807) is 31.2 Å². The lowest BCUT2D eigenvalue weighted by molar-refractivity contribution is -0.115. The van der Waals surface area contributed by atoms with Crippen molar-refractivity contribution in [1.82, 2.24) is 9.55 Å². The summed E-state index contributed by atoms with van der Waals surface area (Å²) in [6.07, 6.45) is 1.62. The largest absolute Gasteiger partial charge is 0.325 e. The van der Waals surface area contributed by atoms with Crippen LogP contribution in [0.5, 0.6) is 0 Å². The number of benzene rings is 2. The van der Waals surface area contributed by atoms with Gasteiger partial charge in [0.2, 0.25) is 5.91 Å². The smallest absolute Gasteiger partial charge is 0.262 e. The van der Waals surface area contributed by atoms with Gasteiger partial charge < -0.3 is 5.32 Å². The Kier molecular flexibility index (Phi) is 5.71. The van der Waals surface area contributed by atoms with E-state index in [0.29, 0.717) is 28.3 Å². The van der Waals surface area contributed by atoms with Gasteiger partial charge in [0.05, 0.1) is 16.2 Å². The number of thioether (sulfide) groups is 1. The molecule has 1 heterocycles. The Bertz CT molecular complexity index is 1050. The molecule has 3 rings (SSSR count). The van der Waals surface area contributed by atoms with Crippen LogP contribution >= 0.6 is 11.8 Å². The molecule has 1 amide bonds. The zero-order valence-electron chi connectivity index (χ0n) is 14.7. The number of halogens is 1. The minimum Gasteiger partial charge on any atom is -0.325 e. The number of carbonyl (C=O) groups excluding carboxylic acids is 1. The number of hydrogen-bond donors (Lipinski definition) is 1. The highest BCUT2D eigenvalue weighted by Crippen LogP contribution is 2.23. The quantitative estimate of drug-likeness (QED) is 0.399. The maximum absolute atomic E-state index is 13.0. The van der Waals surface area contributed by atoms with Crippen molar-refractivity contribution in [3.05, 3.63) is 77.4 Å². The molecule has 27 heavy (non-hydrogen) atoms. The van der Waals surface area contributed by atoms with Crippen LogP contribution in [0, 0.1) is 5.82 Å². The summed E-state index contributed by atoms with van der Waals surface area (Å²) in [7, 11) is 0. The number of anilines is 1. The van der Waals surface area contributed by atoms with Crippen molar-refractivity contribution in [3.8, 4) is 0 Å². The SMILES string of the molecule is C=CCn1c(S[C@H](C)C(=O)Nc2ccc(F)cc2)nc2ccccc2c1=O. The van der Waals surface area contributed by atoms with Gasteiger partial charge in [-0.3, -0.25) is 14.2 Å². The number of nitrogens with zero attached hydrogens (tertiary/aromatic N) is 2. The maximum atomic E-state index is 13.0. The fourth-order valence-corrected chi connectivity index (χ4v) is 3.43. The Hall–Kier alpha value is -2.93. The van der Waals surface area contributed by atoms with Crippen LogP contribution in [0.25, 0.3) is 10.9 Å². The molecule has 1 N–H and O–H groups in total. The van der Waals surface area contributed by atoms with Gasteiger partial charge in [-0.1, -0.05) is 30.0 Å². The molecule has 2 aromatic carbocycles. The van der Waals surface area contributed by atoms with Gasteiger partial charge in [0.25, 0.3) is 5.56 Å². The standard InChI is InChI=1S/C20H18FN3O2S/c1-3-12-24-19(26)16-6-4-5-7-17(16)23-20(24)27-13(2)18(25)22-15-10-8-14(21)9-11-15/h3-11,13H,1,12H2,2H3,(H,22,25)/t13-/m1/s1. The average molecular weight is 383 g/mol. The molecule has 1 aromatic heterocycles. The van der Waals surface area contributed by atoms with Crippen molar-refractivity contribution in [2.75, 3.05) is 5.32 Å². The molecule has 0 saturated carbocycles. The second kappa shape index (κ2) is 8.18. The van der Waals surface area contributed by atoms with Gasteiger partial charge in [-0.25, -0.2) is 9.37 Å². The fourth-order valence-electron chi connectivity index (χ4n) is 2.52. The molecule has 0 fully saturated rings. The molecule has 3 aromatic rings. The second-order valence-electron chi connectivity index (χ2n) is 5.87. The van der Waals surface area contributed by atoms with Crippen LogP contribution in [0.15, 0.2) is 71.1 Å². The lowest BCUT2D eigenvalue weighted by Crippen LogP contribution is -2.26. The lowest BCUT2D eigenvalue weighted by Gasteiger charge is -2.15. The molecule has 0 radical (unpaired) electrons. The number of rotatable bonds is 6. The molecular formula is C20H18FN3O2S. The molecule has 7 heteroatoms. The summed E-state index contributed by atoms with van der Waals surface area (Å²) in [5.41, 5.74) is 0.911. The van der Waals surface area contributed by atoms with Crippen molar-refractivity contribution in [2.24, 2.45) is 0 Å². The lowest BCUT2D eigenvalue weighted by atomic mass is 10.2. The molecule has 5 nitrogen and oxygen atoms in total. The van der Waals surface area contributed by atoms with E-state index in [1.807, 2.05) is 6.07 Å². The summed E-state index contributed by atoms with van der Waals surface area (Å²) in [4.78, 5) is 29.7. The first-order valence-electron chi connectivity index (χ1n) is 8.33. The molecule has 0 unspecified atom stereocenters. The Morgan fingerprint density at radius 3 is 2.70 bits per heavy atom. The molecule has 138 valence electrons. The van der Waals surface area contributed by atoms with Gasteiger partial charge in [0, 0.05) is 12.2 Å². The molecule has 0 aliphatic carbocycles. The van der Waals surface area contributed by atoms with Crippen LogP contribution < -0.4 is 10.9 Å². The Morgan fingerprint density at radius 1 is 1.30 bits per heavy atom. The topological polar surface area (TPSA) is 64.0 Å². The first-order chi connectivity index (χ1) is 13.0. The second-order valence-corrected chi connectivity index (χ2v) is 7.18. The zero-order chi connectivity index (χ0) is 19.4. The first-order valence-corrected chi connectivity index (χ1v) is 9.21. The predicted octanol–water partition coefficient (Wildman–Crippen LogP) is 3.84. The number of allylic oxidation sites excluding steroid dienone is 1. The van der Waals surface area contributed by atoms with Crippen molar-refractivity contribution < 1.29 is 9.18 Å². The predicted molar refractivity (Wildman–Crippen MR) is 107 cm³/mol. The minimum absolute atomic E-state index is 0.172. The molecule has 0 bridgehead atoms. The van der Waals surface area contributed by atoms with E-state index in [2.05, 4.69) is 16.9 Å². The number of carbonyl (C=O) groups is 1. The van der Waals surface area contributed by atoms with Crippen LogP contribution in [0.4, 0.5) is 10.1 Å². The van der Waals surface area contributed by atoms with Crippen molar-refractivity contribution in [3.63, 3.8) is 0 Å².